The summed E-state index contributed by atoms with van der Waals surface area (Å²) in [6.45, 7) is 19.1. The molecule has 6 heteroatoms. The van der Waals surface area contributed by atoms with E-state index in [-0.39, 0.29) is 16.9 Å². The van der Waals surface area contributed by atoms with Gasteiger partial charge in [-0.05, 0) is 45.1 Å². The fourth-order valence-corrected chi connectivity index (χ4v) is 2.64. The topological polar surface area (TPSA) is 36.9 Å². The van der Waals surface area contributed by atoms with Crippen molar-refractivity contribution in [2.24, 2.45) is 4.99 Å². The van der Waals surface area contributed by atoms with Crippen LogP contribution < -0.4 is 5.32 Å². The van der Waals surface area contributed by atoms with Crippen LogP contribution in [0.25, 0.3) is 0 Å². The minimum atomic E-state index is -1.64. The van der Waals surface area contributed by atoms with Crippen molar-refractivity contribution >= 4 is 14.5 Å². The second kappa shape index (κ2) is 11.1. The molecule has 0 aromatic heterocycles. The third-order valence-corrected chi connectivity index (χ3v) is 8.85. The maximum atomic E-state index is 13.5. The number of allylic oxidation sites excluding steroid dienone is 1. The van der Waals surface area contributed by atoms with E-state index in [4.69, 9.17) is 4.43 Å². The Hall–Kier alpha value is -0.563. The first-order valence-corrected chi connectivity index (χ1v) is 11.8. The highest BCUT2D eigenvalue weighted by Crippen LogP contribution is 2.36. The van der Waals surface area contributed by atoms with Gasteiger partial charge in [-0.1, -0.05) is 20.8 Å². The average molecular weight is 360 g/mol. The van der Waals surface area contributed by atoms with Crippen molar-refractivity contribution in [3.63, 3.8) is 0 Å². The molecule has 0 heterocycles. The Balaban J connectivity index is 3.84. The molecule has 0 aromatic rings. The smallest absolute Gasteiger partial charge is 0.192 e. The van der Waals surface area contributed by atoms with E-state index in [0.717, 1.165) is 26.2 Å². The molecular weight excluding hydrogens is 321 g/mol. The number of hydrogen-bond acceptors (Lipinski definition) is 4. The van der Waals surface area contributed by atoms with Gasteiger partial charge >= 0.3 is 0 Å². The average Bonchev–Trinajstić information content (AvgIpc) is 2.45. The van der Waals surface area contributed by atoms with Crippen LogP contribution in [0.1, 0.15) is 34.6 Å². The number of nitrogens with zero attached hydrogens (tertiary/aromatic N) is 2. The van der Waals surface area contributed by atoms with Gasteiger partial charge in [-0.3, -0.25) is 4.99 Å². The Morgan fingerprint density at radius 2 is 1.92 bits per heavy atom. The first-order chi connectivity index (χ1) is 11.0. The Morgan fingerprint density at radius 3 is 2.46 bits per heavy atom. The van der Waals surface area contributed by atoms with Gasteiger partial charge in [0.1, 0.15) is 5.83 Å². The zero-order valence-electron chi connectivity index (χ0n) is 16.9. The van der Waals surface area contributed by atoms with Crippen LogP contribution in [-0.4, -0.2) is 65.3 Å². The number of likely N-dealkylation sites (N-methyl/N-ethyl adjacent to an activating group) is 1. The summed E-state index contributed by atoms with van der Waals surface area (Å²) in [7, 11) is 0.343. The molecule has 0 aromatic carbocycles. The molecule has 0 unspecified atom stereocenters. The lowest BCUT2D eigenvalue weighted by Gasteiger charge is -2.36. The molecule has 0 aliphatic rings. The van der Waals surface area contributed by atoms with Crippen LogP contribution in [0.2, 0.25) is 18.1 Å². The summed E-state index contributed by atoms with van der Waals surface area (Å²) in [5.74, 6) is -0.272. The van der Waals surface area contributed by atoms with Gasteiger partial charge in [-0.25, -0.2) is 4.39 Å². The molecule has 4 nitrogen and oxygen atoms in total. The highest BCUT2D eigenvalue weighted by Gasteiger charge is 2.36. The Kier molecular flexibility index (Phi) is 10.9. The maximum absolute atomic E-state index is 13.5. The summed E-state index contributed by atoms with van der Waals surface area (Å²) < 4.78 is 19.6. The summed E-state index contributed by atoms with van der Waals surface area (Å²) in [6, 6.07) is 0.125. The first-order valence-electron chi connectivity index (χ1n) is 8.88. The van der Waals surface area contributed by atoms with E-state index in [0.29, 0.717) is 6.54 Å². The van der Waals surface area contributed by atoms with E-state index in [1.54, 1.807) is 6.08 Å². The number of rotatable bonds is 11. The van der Waals surface area contributed by atoms with Gasteiger partial charge < -0.3 is 14.6 Å². The predicted octanol–water partition coefficient (Wildman–Crippen LogP) is 3.86. The molecule has 0 amide bonds. The van der Waals surface area contributed by atoms with Gasteiger partial charge in [0.15, 0.2) is 8.32 Å². The van der Waals surface area contributed by atoms with Crippen molar-refractivity contribution in [1.29, 1.82) is 0 Å². The lowest BCUT2D eigenvalue weighted by atomic mass is 10.2. The van der Waals surface area contributed by atoms with Crippen LogP contribution in [0.15, 0.2) is 16.9 Å². The van der Waals surface area contributed by atoms with Crippen molar-refractivity contribution in [3.8, 4) is 0 Å². The lowest BCUT2D eigenvalue weighted by molar-refractivity contribution is 0.281. The van der Waals surface area contributed by atoms with Crippen LogP contribution >= 0.6 is 0 Å². The molecule has 0 fully saturated rings. The third kappa shape index (κ3) is 11.1. The van der Waals surface area contributed by atoms with E-state index < -0.39 is 8.32 Å². The molecule has 0 saturated carbocycles. The van der Waals surface area contributed by atoms with E-state index in [2.05, 4.69) is 49.1 Å². The zero-order chi connectivity index (χ0) is 18.8. The minimum absolute atomic E-state index is 0.125. The molecule has 0 rings (SSSR count). The quantitative estimate of drug-likeness (QED) is 0.346. The van der Waals surface area contributed by atoms with Gasteiger partial charge in [0, 0.05) is 38.8 Å². The summed E-state index contributed by atoms with van der Waals surface area (Å²) in [4.78, 5) is 6.10. The summed E-state index contributed by atoms with van der Waals surface area (Å²) in [5, 5.41) is 3.64. The van der Waals surface area contributed by atoms with E-state index >= 15 is 0 Å². The zero-order valence-corrected chi connectivity index (χ0v) is 17.9. The number of nitrogens with one attached hydrogen (secondary N) is 1. The minimum Gasteiger partial charge on any atom is -0.416 e. The second-order valence-corrected chi connectivity index (χ2v) is 12.9. The second-order valence-electron chi connectivity index (χ2n) is 8.08. The molecule has 0 aliphatic carbocycles. The summed E-state index contributed by atoms with van der Waals surface area (Å²) in [5.41, 5.74) is 0. The normalized spacial score (nSPS) is 14.4. The van der Waals surface area contributed by atoms with Crippen LogP contribution in [0.4, 0.5) is 4.39 Å². The van der Waals surface area contributed by atoms with E-state index in [1.807, 2.05) is 20.9 Å². The van der Waals surface area contributed by atoms with Crippen molar-refractivity contribution in [2.75, 3.05) is 39.8 Å². The lowest BCUT2D eigenvalue weighted by Crippen LogP contribution is -2.42. The Bertz CT molecular complexity index is 404. The third-order valence-electron chi connectivity index (χ3n) is 4.31. The molecule has 0 spiro atoms. The standard InChI is InChI=1S/C18H38FN3OSi/c1-16(2)21-15-17(19)9-12-22(6)13-10-20-11-14-23-24(7,8)18(3,4)5/h9,15-16,20H,10-14H2,1-8H3/b17-9+,21-15-. The molecule has 0 atom stereocenters. The van der Waals surface area contributed by atoms with Crippen molar-refractivity contribution in [2.45, 2.75) is 58.8 Å². The van der Waals surface area contributed by atoms with Gasteiger partial charge in [0.2, 0.25) is 0 Å². The maximum Gasteiger partial charge on any atom is 0.192 e. The molecule has 0 saturated heterocycles. The van der Waals surface area contributed by atoms with Gasteiger partial charge in [-0.2, -0.15) is 0 Å². The van der Waals surface area contributed by atoms with Crippen molar-refractivity contribution in [1.82, 2.24) is 10.2 Å². The highest BCUT2D eigenvalue weighted by atomic mass is 28.4. The monoisotopic (exact) mass is 359 g/mol. The molecular formula is C18H38FN3OSi. The predicted molar refractivity (Wildman–Crippen MR) is 106 cm³/mol. The van der Waals surface area contributed by atoms with E-state index in [9.17, 15) is 4.39 Å². The largest absolute Gasteiger partial charge is 0.416 e. The molecule has 142 valence electrons. The summed E-state index contributed by atoms with van der Waals surface area (Å²) >= 11 is 0. The fourth-order valence-electron chi connectivity index (χ4n) is 1.60. The van der Waals surface area contributed by atoms with Gasteiger partial charge in [0.25, 0.3) is 0 Å². The SMILES string of the molecule is CC(C)/N=C\C(F)=C/CN(C)CCNCCO[Si](C)(C)C(C)(C)C. The molecule has 0 bridgehead atoms. The van der Waals surface area contributed by atoms with Crippen molar-refractivity contribution in [3.05, 3.63) is 11.9 Å². The molecule has 1 N–H and O–H groups in total. The van der Waals surface area contributed by atoms with Crippen LogP contribution in [0.5, 0.6) is 0 Å². The van der Waals surface area contributed by atoms with Crippen molar-refractivity contribution < 1.29 is 8.82 Å². The van der Waals surface area contributed by atoms with Crippen LogP contribution in [0, 0.1) is 0 Å². The Labute approximate surface area is 149 Å². The number of aliphatic imine (C=N–C) groups is 1. The number of hydrogen-bond donors (Lipinski definition) is 1. The first kappa shape index (κ1) is 23.4. The van der Waals surface area contributed by atoms with Crippen LogP contribution in [0.3, 0.4) is 0 Å². The van der Waals surface area contributed by atoms with Gasteiger partial charge in [-0.15, -0.1) is 0 Å². The molecule has 24 heavy (non-hydrogen) atoms. The molecule has 0 aliphatic heterocycles. The van der Waals surface area contributed by atoms with E-state index in [1.165, 1.54) is 6.21 Å². The van der Waals surface area contributed by atoms with Gasteiger partial charge in [0.05, 0.1) is 6.21 Å². The number of halogens is 1. The Morgan fingerprint density at radius 1 is 1.29 bits per heavy atom. The fraction of sp³-hybridized carbons (Fsp3) is 0.833. The van der Waals surface area contributed by atoms with Crippen LogP contribution in [-0.2, 0) is 4.43 Å². The molecule has 0 radical (unpaired) electrons. The summed E-state index contributed by atoms with van der Waals surface area (Å²) in [6.07, 6.45) is 2.86. The highest BCUT2D eigenvalue weighted by molar-refractivity contribution is 6.74.